The van der Waals surface area contributed by atoms with Crippen LogP contribution in [0.2, 0.25) is 0 Å². The molecule has 0 amide bonds. The highest BCUT2D eigenvalue weighted by Crippen LogP contribution is 2.34. The second-order valence-electron chi connectivity index (χ2n) is 6.16. The maximum Gasteiger partial charge on any atom is 0.157 e. The number of nitrogens with zero attached hydrogens (tertiary/aromatic N) is 2. The summed E-state index contributed by atoms with van der Waals surface area (Å²) in [5.41, 5.74) is 0.319. The molecule has 2 rings (SSSR count). The first-order valence-corrected chi connectivity index (χ1v) is 8.05. The fraction of sp³-hybridized carbons (Fsp3) is 0.929. The average Bonchev–Trinajstić information content (AvgIpc) is 2.75. The van der Waals surface area contributed by atoms with Gasteiger partial charge in [0.15, 0.2) is 5.17 Å². The molecule has 0 aromatic heterocycles. The molecule has 18 heavy (non-hydrogen) atoms. The van der Waals surface area contributed by atoms with E-state index >= 15 is 0 Å². The van der Waals surface area contributed by atoms with Crippen molar-refractivity contribution >= 4 is 16.9 Å². The monoisotopic (exact) mass is 269 g/mol. The van der Waals surface area contributed by atoms with Crippen LogP contribution in [-0.2, 0) is 0 Å². The number of hydrogen-bond acceptors (Lipinski definition) is 3. The Hall–Kier alpha value is -0.220. The molecule has 1 saturated heterocycles. The highest BCUT2D eigenvalue weighted by Gasteiger charge is 2.36. The lowest BCUT2D eigenvalue weighted by Gasteiger charge is -2.35. The summed E-state index contributed by atoms with van der Waals surface area (Å²) >= 11 is 1.90. The standard InChI is InChI=1S/C14H27N3S/c1-11-9-12(2)18-13(16-11)15-10-14(17(3)4)7-5-6-8-14/h11-12H,5-10H2,1-4H3,(H,15,16). The highest BCUT2D eigenvalue weighted by molar-refractivity contribution is 8.14. The van der Waals surface area contributed by atoms with E-state index in [1.54, 1.807) is 0 Å². The molecule has 0 aromatic carbocycles. The van der Waals surface area contributed by atoms with Crippen molar-refractivity contribution in [3.63, 3.8) is 0 Å². The van der Waals surface area contributed by atoms with Crippen LogP contribution in [0.4, 0.5) is 0 Å². The van der Waals surface area contributed by atoms with Gasteiger partial charge in [0.2, 0.25) is 0 Å². The fourth-order valence-electron chi connectivity index (χ4n) is 3.12. The van der Waals surface area contributed by atoms with Crippen LogP contribution < -0.4 is 5.32 Å². The van der Waals surface area contributed by atoms with Gasteiger partial charge in [-0.25, -0.2) is 0 Å². The molecule has 1 N–H and O–H groups in total. The summed E-state index contributed by atoms with van der Waals surface area (Å²) in [4.78, 5) is 7.28. The number of aliphatic imine (C=N–C) groups is 1. The van der Waals surface area contributed by atoms with Gasteiger partial charge in [-0.1, -0.05) is 31.5 Å². The number of amidine groups is 1. The molecular weight excluding hydrogens is 242 g/mol. The predicted octanol–water partition coefficient (Wildman–Crippen LogP) is 2.72. The van der Waals surface area contributed by atoms with Crippen molar-refractivity contribution in [3.8, 4) is 0 Å². The minimum Gasteiger partial charge on any atom is -0.362 e. The Morgan fingerprint density at radius 3 is 2.56 bits per heavy atom. The number of rotatable bonds is 3. The molecule has 2 atom stereocenters. The molecule has 1 aliphatic carbocycles. The van der Waals surface area contributed by atoms with E-state index in [-0.39, 0.29) is 0 Å². The van der Waals surface area contributed by atoms with Crippen molar-refractivity contribution in [2.75, 3.05) is 20.6 Å². The van der Waals surface area contributed by atoms with Gasteiger partial charge in [0, 0.05) is 16.8 Å². The number of thioether (sulfide) groups is 1. The van der Waals surface area contributed by atoms with Gasteiger partial charge in [0.05, 0.1) is 6.54 Å². The molecule has 2 unspecified atom stereocenters. The summed E-state index contributed by atoms with van der Waals surface area (Å²) in [6.07, 6.45) is 6.55. The molecule has 1 heterocycles. The number of nitrogens with one attached hydrogen (secondary N) is 1. The van der Waals surface area contributed by atoms with Crippen LogP contribution in [0.3, 0.4) is 0 Å². The molecule has 3 nitrogen and oxygen atoms in total. The Kier molecular flexibility index (Phi) is 4.59. The van der Waals surface area contributed by atoms with Crippen LogP contribution in [-0.4, -0.2) is 47.5 Å². The quantitative estimate of drug-likeness (QED) is 0.854. The van der Waals surface area contributed by atoms with Crippen molar-refractivity contribution in [1.82, 2.24) is 10.2 Å². The maximum absolute atomic E-state index is 4.89. The van der Waals surface area contributed by atoms with Gasteiger partial charge in [-0.05, 0) is 40.3 Å². The third kappa shape index (κ3) is 3.21. The summed E-state index contributed by atoms with van der Waals surface area (Å²) in [6, 6.07) is 0.568. The molecule has 0 spiro atoms. The average molecular weight is 269 g/mol. The number of hydrogen-bond donors (Lipinski definition) is 1. The molecule has 4 heteroatoms. The van der Waals surface area contributed by atoms with E-state index in [1.165, 1.54) is 32.1 Å². The van der Waals surface area contributed by atoms with E-state index in [1.807, 2.05) is 11.8 Å². The molecule has 0 bridgehead atoms. The molecular formula is C14H27N3S. The molecule has 0 aromatic rings. The van der Waals surface area contributed by atoms with Gasteiger partial charge in [-0.3, -0.25) is 4.99 Å². The highest BCUT2D eigenvalue weighted by atomic mass is 32.2. The molecule has 0 radical (unpaired) electrons. The van der Waals surface area contributed by atoms with Crippen molar-refractivity contribution in [2.24, 2.45) is 4.99 Å². The van der Waals surface area contributed by atoms with Crippen LogP contribution >= 0.6 is 11.8 Å². The van der Waals surface area contributed by atoms with Crippen LogP contribution in [0.5, 0.6) is 0 Å². The Morgan fingerprint density at radius 2 is 2.00 bits per heavy atom. The molecule has 1 aliphatic heterocycles. The Morgan fingerprint density at radius 1 is 1.33 bits per heavy atom. The van der Waals surface area contributed by atoms with Crippen LogP contribution in [0.1, 0.15) is 46.0 Å². The zero-order valence-electron chi connectivity index (χ0n) is 12.2. The van der Waals surface area contributed by atoms with Gasteiger partial charge < -0.3 is 10.2 Å². The van der Waals surface area contributed by atoms with Crippen molar-refractivity contribution < 1.29 is 0 Å². The van der Waals surface area contributed by atoms with E-state index in [0.29, 0.717) is 16.8 Å². The summed E-state index contributed by atoms with van der Waals surface area (Å²) < 4.78 is 0. The summed E-state index contributed by atoms with van der Waals surface area (Å²) in [5.74, 6) is 0. The van der Waals surface area contributed by atoms with Gasteiger partial charge >= 0.3 is 0 Å². The molecule has 2 fully saturated rings. The third-order valence-electron chi connectivity index (χ3n) is 4.37. The van der Waals surface area contributed by atoms with Crippen LogP contribution in [0, 0.1) is 0 Å². The van der Waals surface area contributed by atoms with E-state index in [4.69, 9.17) is 4.99 Å². The number of likely N-dealkylation sites (N-methyl/N-ethyl adjacent to an activating group) is 1. The zero-order chi connectivity index (χ0) is 13.2. The molecule has 1 saturated carbocycles. The minimum atomic E-state index is 0.319. The largest absolute Gasteiger partial charge is 0.362 e. The summed E-state index contributed by atoms with van der Waals surface area (Å²) in [6.45, 7) is 5.51. The maximum atomic E-state index is 4.89. The van der Waals surface area contributed by atoms with Crippen molar-refractivity contribution in [2.45, 2.75) is 62.8 Å². The first kappa shape index (κ1) is 14.2. The lowest BCUT2D eigenvalue weighted by atomic mass is 9.96. The van der Waals surface area contributed by atoms with E-state index < -0.39 is 0 Å². The van der Waals surface area contributed by atoms with Crippen LogP contribution in [0.25, 0.3) is 0 Å². The topological polar surface area (TPSA) is 27.6 Å². The summed E-state index contributed by atoms with van der Waals surface area (Å²) in [5, 5.41) is 5.38. The molecule has 2 aliphatic rings. The Balaban J connectivity index is 2.00. The SMILES string of the molecule is CC1CC(C)SC(=NCC2(N(C)C)CCCC2)N1. The second kappa shape index (κ2) is 5.83. The van der Waals surface area contributed by atoms with Gasteiger partial charge in [0.25, 0.3) is 0 Å². The Labute approximate surface area is 116 Å². The van der Waals surface area contributed by atoms with Gasteiger partial charge in [-0.15, -0.1) is 0 Å². The van der Waals surface area contributed by atoms with Crippen LogP contribution in [0.15, 0.2) is 4.99 Å². The Bertz CT molecular complexity index is 296. The lowest BCUT2D eigenvalue weighted by molar-refractivity contribution is 0.167. The zero-order valence-corrected chi connectivity index (χ0v) is 13.0. The summed E-state index contributed by atoms with van der Waals surface area (Å²) in [7, 11) is 4.41. The molecule has 104 valence electrons. The van der Waals surface area contributed by atoms with Crippen molar-refractivity contribution in [3.05, 3.63) is 0 Å². The first-order valence-electron chi connectivity index (χ1n) is 7.17. The second-order valence-corrected chi connectivity index (χ2v) is 7.58. The predicted molar refractivity (Wildman–Crippen MR) is 81.5 cm³/mol. The van der Waals surface area contributed by atoms with Crippen molar-refractivity contribution in [1.29, 1.82) is 0 Å². The van der Waals surface area contributed by atoms with E-state index in [2.05, 4.69) is 38.2 Å². The minimum absolute atomic E-state index is 0.319. The fourth-order valence-corrected chi connectivity index (χ4v) is 4.30. The van der Waals surface area contributed by atoms with E-state index in [9.17, 15) is 0 Å². The smallest absolute Gasteiger partial charge is 0.157 e. The van der Waals surface area contributed by atoms with Gasteiger partial charge in [-0.2, -0.15) is 0 Å². The lowest BCUT2D eigenvalue weighted by Crippen LogP contribution is -2.45. The van der Waals surface area contributed by atoms with E-state index in [0.717, 1.165) is 11.7 Å². The third-order valence-corrected chi connectivity index (χ3v) is 5.43. The normalized spacial score (nSPS) is 33.9. The van der Waals surface area contributed by atoms with Gasteiger partial charge in [0.1, 0.15) is 0 Å². The first-order chi connectivity index (χ1) is 8.52.